The smallest absolute Gasteiger partial charge is 0.142 e. The van der Waals surface area contributed by atoms with Crippen molar-refractivity contribution in [1.29, 1.82) is 0 Å². The molecular weight excluding hydrogens is 336 g/mol. The average molecular weight is 371 g/mol. The van der Waals surface area contributed by atoms with Crippen LogP contribution < -0.4 is 0 Å². The third kappa shape index (κ3) is 2.77. The van der Waals surface area contributed by atoms with Gasteiger partial charge >= 0.3 is 0 Å². The molecule has 4 aliphatic carbocycles. The zero-order valence-corrected chi connectivity index (χ0v) is 17.9. The number of aliphatic imine (C=N–C) groups is 2. The van der Waals surface area contributed by atoms with E-state index in [2.05, 4.69) is 34.6 Å². The molecule has 0 saturated heterocycles. The second-order valence-corrected chi connectivity index (χ2v) is 10.8. The zero-order chi connectivity index (χ0) is 19.9. The number of hydrogen-bond donors (Lipinski definition) is 0. The molecule has 27 heavy (non-hydrogen) atoms. The Kier molecular flexibility index (Phi) is 4.11. The van der Waals surface area contributed by atoms with E-state index in [0.717, 1.165) is 24.3 Å². The van der Waals surface area contributed by atoms with Crippen molar-refractivity contribution in [3.05, 3.63) is 0 Å². The number of ketones is 2. The third-order valence-electron chi connectivity index (χ3n) is 8.46. The van der Waals surface area contributed by atoms with Gasteiger partial charge < -0.3 is 0 Å². The topological polar surface area (TPSA) is 58.9 Å². The normalized spacial score (nSPS) is 42.8. The number of hydrogen-bond acceptors (Lipinski definition) is 4. The molecule has 7 atom stereocenters. The third-order valence-corrected chi connectivity index (χ3v) is 8.46. The van der Waals surface area contributed by atoms with Crippen LogP contribution in [0.2, 0.25) is 0 Å². The number of Topliss-reactive ketones (excluding diaryl/α,β-unsaturated/α-hetero) is 2. The Morgan fingerprint density at radius 1 is 0.926 bits per heavy atom. The van der Waals surface area contributed by atoms with Crippen LogP contribution in [0.4, 0.5) is 0 Å². The highest BCUT2D eigenvalue weighted by Gasteiger charge is 2.68. The van der Waals surface area contributed by atoms with E-state index in [1.165, 1.54) is 0 Å². The minimum Gasteiger partial charge on any atom is -0.299 e. The molecule has 0 aromatic carbocycles. The predicted octanol–water partition coefficient (Wildman–Crippen LogP) is 4.02. The first kappa shape index (κ1) is 19.0. The molecule has 4 aliphatic rings. The summed E-state index contributed by atoms with van der Waals surface area (Å²) in [6.45, 7) is 15.8. The van der Waals surface area contributed by atoms with E-state index in [4.69, 9.17) is 9.98 Å². The predicted molar refractivity (Wildman–Crippen MR) is 108 cm³/mol. The SMILES string of the molecule is CC(=NC[C@H](C)N=C(C)C1C(=O)C[C@@H]2[C@H]1C2(C)C)C1C(=O)C[C@@H]2[C@H]1C2(C)C. The standard InChI is InChI=1S/C23H34N2O2/c1-11(25-13(3)19-17(27)9-15-21(19)23(15,6)7)10-24-12(2)18-16(26)8-14-20(18)22(14,4)5/h11,14-15,18-21H,8-10H2,1-7H3/t11-,14+,15+,18?,19?,20+,21+/m0/s1. The van der Waals surface area contributed by atoms with Crippen molar-refractivity contribution in [1.82, 2.24) is 0 Å². The summed E-state index contributed by atoms with van der Waals surface area (Å²) in [4.78, 5) is 34.3. The van der Waals surface area contributed by atoms with Crippen LogP contribution in [-0.2, 0) is 9.59 Å². The second-order valence-electron chi connectivity index (χ2n) is 10.8. The summed E-state index contributed by atoms with van der Waals surface area (Å²) in [6, 6.07) is 0.0492. The molecule has 0 aliphatic heterocycles. The van der Waals surface area contributed by atoms with Crippen LogP contribution in [-0.4, -0.2) is 35.6 Å². The molecular formula is C23H34N2O2. The second kappa shape index (κ2) is 5.84. The fraction of sp³-hybridized carbons (Fsp3) is 0.826. The Morgan fingerprint density at radius 3 is 1.81 bits per heavy atom. The largest absolute Gasteiger partial charge is 0.299 e. The molecule has 0 aromatic heterocycles. The van der Waals surface area contributed by atoms with E-state index in [9.17, 15) is 9.59 Å². The van der Waals surface area contributed by atoms with Gasteiger partial charge in [0.2, 0.25) is 0 Å². The summed E-state index contributed by atoms with van der Waals surface area (Å²) in [5.41, 5.74) is 2.56. The number of fused-ring (bicyclic) bond motifs is 2. The first-order chi connectivity index (χ1) is 12.5. The summed E-state index contributed by atoms with van der Waals surface area (Å²) >= 11 is 0. The van der Waals surface area contributed by atoms with Gasteiger partial charge in [0, 0.05) is 24.3 Å². The maximum atomic E-state index is 12.4. The van der Waals surface area contributed by atoms with Gasteiger partial charge in [-0.1, -0.05) is 27.7 Å². The van der Waals surface area contributed by atoms with E-state index in [0.29, 0.717) is 52.6 Å². The molecule has 0 heterocycles. The van der Waals surface area contributed by atoms with E-state index in [-0.39, 0.29) is 17.9 Å². The quantitative estimate of drug-likeness (QED) is 0.686. The highest BCUT2D eigenvalue weighted by atomic mass is 16.1. The van der Waals surface area contributed by atoms with Gasteiger partial charge in [0.25, 0.3) is 0 Å². The summed E-state index contributed by atoms with van der Waals surface area (Å²) in [7, 11) is 0. The van der Waals surface area contributed by atoms with Crippen LogP contribution in [0.1, 0.15) is 61.3 Å². The van der Waals surface area contributed by atoms with E-state index < -0.39 is 0 Å². The van der Waals surface area contributed by atoms with Gasteiger partial charge in [-0.15, -0.1) is 0 Å². The van der Waals surface area contributed by atoms with E-state index >= 15 is 0 Å². The number of rotatable bonds is 5. The molecule has 4 heteroatoms. The van der Waals surface area contributed by atoms with Crippen LogP contribution in [0.25, 0.3) is 0 Å². The van der Waals surface area contributed by atoms with Crippen LogP contribution in [0.15, 0.2) is 9.98 Å². The van der Waals surface area contributed by atoms with Gasteiger partial charge in [-0.3, -0.25) is 19.6 Å². The van der Waals surface area contributed by atoms with Crippen molar-refractivity contribution in [3.8, 4) is 0 Å². The summed E-state index contributed by atoms with van der Waals surface area (Å²) in [5.74, 6) is 2.86. The van der Waals surface area contributed by atoms with Crippen LogP contribution in [0.3, 0.4) is 0 Å². The molecule has 4 nitrogen and oxygen atoms in total. The van der Waals surface area contributed by atoms with Gasteiger partial charge in [-0.25, -0.2) is 0 Å². The van der Waals surface area contributed by atoms with Crippen LogP contribution >= 0.6 is 0 Å². The molecule has 4 rings (SSSR count). The molecule has 148 valence electrons. The van der Waals surface area contributed by atoms with Crippen LogP contribution in [0, 0.1) is 46.3 Å². The minimum absolute atomic E-state index is 0.0157. The van der Waals surface area contributed by atoms with Crippen molar-refractivity contribution < 1.29 is 9.59 Å². The van der Waals surface area contributed by atoms with Crippen molar-refractivity contribution in [2.45, 2.75) is 67.3 Å². The van der Waals surface area contributed by atoms with Crippen molar-refractivity contribution >= 4 is 23.0 Å². The molecule has 0 bridgehead atoms. The van der Waals surface area contributed by atoms with Crippen LogP contribution in [0.5, 0.6) is 0 Å². The Hall–Kier alpha value is -1.32. The molecule has 0 aromatic rings. The van der Waals surface area contributed by atoms with Crippen molar-refractivity contribution in [2.75, 3.05) is 6.54 Å². The number of nitrogens with zero attached hydrogens (tertiary/aromatic N) is 2. The van der Waals surface area contributed by atoms with Gasteiger partial charge in [0.1, 0.15) is 11.6 Å². The highest BCUT2D eigenvalue weighted by Crippen LogP contribution is 2.68. The Labute approximate surface area is 163 Å². The van der Waals surface area contributed by atoms with Gasteiger partial charge in [-0.2, -0.15) is 0 Å². The fourth-order valence-corrected chi connectivity index (χ4v) is 6.59. The fourth-order valence-electron chi connectivity index (χ4n) is 6.59. The van der Waals surface area contributed by atoms with Crippen molar-refractivity contribution in [3.63, 3.8) is 0 Å². The Bertz CT molecular complexity index is 760. The monoisotopic (exact) mass is 370 g/mol. The maximum absolute atomic E-state index is 12.4. The summed E-state index contributed by atoms with van der Waals surface area (Å²) < 4.78 is 0. The lowest BCUT2D eigenvalue weighted by Crippen LogP contribution is -2.26. The van der Waals surface area contributed by atoms with Crippen molar-refractivity contribution in [2.24, 2.45) is 56.3 Å². The first-order valence-electron chi connectivity index (χ1n) is 10.6. The molecule has 2 unspecified atom stereocenters. The molecule has 0 radical (unpaired) electrons. The Balaban J connectivity index is 1.40. The molecule has 0 amide bonds. The lowest BCUT2D eigenvalue weighted by molar-refractivity contribution is -0.121. The highest BCUT2D eigenvalue weighted by molar-refractivity contribution is 6.08. The lowest BCUT2D eigenvalue weighted by atomic mass is 9.88. The zero-order valence-electron chi connectivity index (χ0n) is 17.9. The summed E-state index contributed by atoms with van der Waals surface area (Å²) in [6.07, 6.45) is 1.45. The molecule has 0 N–H and O–H groups in total. The molecule has 0 spiro atoms. The average Bonchev–Trinajstić information content (AvgIpc) is 3.08. The minimum atomic E-state index is 0.0157. The molecule has 4 fully saturated rings. The van der Waals surface area contributed by atoms with E-state index in [1.54, 1.807) is 0 Å². The first-order valence-corrected chi connectivity index (χ1v) is 10.6. The molecule has 4 saturated carbocycles. The van der Waals surface area contributed by atoms with Gasteiger partial charge in [0.05, 0.1) is 24.4 Å². The van der Waals surface area contributed by atoms with Gasteiger partial charge in [-0.05, 0) is 55.3 Å². The Morgan fingerprint density at radius 2 is 1.37 bits per heavy atom. The van der Waals surface area contributed by atoms with Gasteiger partial charge in [0.15, 0.2) is 0 Å². The summed E-state index contributed by atoms with van der Waals surface area (Å²) in [5, 5.41) is 0. The lowest BCUT2D eigenvalue weighted by Gasteiger charge is -2.18. The van der Waals surface area contributed by atoms with E-state index in [1.807, 2.05) is 13.8 Å². The number of carbonyl (C=O) groups is 2. The number of carbonyl (C=O) groups excluding carboxylic acids is 2. The maximum Gasteiger partial charge on any atom is 0.142 e.